The molecule has 2 aliphatic heterocycles. The first kappa shape index (κ1) is 26.5. The summed E-state index contributed by atoms with van der Waals surface area (Å²) >= 11 is 0. The van der Waals surface area contributed by atoms with Crippen LogP contribution >= 0.6 is 0 Å². The highest BCUT2D eigenvalue weighted by atomic mass is 19.2. The molecule has 0 bridgehead atoms. The van der Waals surface area contributed by atoms with Gasteiger partial charge in [0.1, 0.15) is 6.04 Å². The number of aromatic nitrogens is 1. The number of rotatable bonds is 7. The SMILES string of the molecule is CCC1=C(CC)C2C(c3ccccc3)c3c(CC)c(CC)c(-c4ccccc4)n3[B-](F)(F)[N+]2=C1c1ccccc1. The maximum Gasteiger partial charge on any atom is 0.732 e. The zero-order valence-corrected chi connectivity index (χ0v) is 23.9. The molecule has 2 aliphatic rings. The molecule has 4 aromatic rings. The standard InChI is InChI=1S/C35H37BF2N2/c1-5-27-29(7-3)34-31(24-18-12-9-13-19-24)35-30(8-4)28(6-2)33(26-22-16-11-17-23-26)40(35)36(37,38)39(34)32(27)25-20-14-10-15-21-25/h9-23,31,34H,5-8H2,1-4H3. The van der Waals surface area contributed by atoms with E-state index in [0.717, 1.165) is 57.5 Å². The Morgan fingerprint density at radius 3 is 1.75 bits per heavy atom. The summed E-state index contributed by atoms with van der Waals surface area (Å²) in [5, 5.41) is 0. The number of benzene rings is 3. The minimum Gasteiger partial charge on any atom is -0.393 e. The Bertz CT molecular complexity index is 1600. The van der Waals surface area contributed by atoms with Crippen molar-refractivity contribution in [2.24, 2.45) is 0 Å². The molecule has 40 heavy (non-hydrogen) atoms. The van der Waals surface area contributed by atoms with E-state index in [1.54, 1.807) is 4.49 Å². The topological polar surface area (TPSA) is 7.94 Å². The van der Waals surface area contributed by atoms with E-state index in [-0.39, 0.29) is 5.92 Å². The second kappa shape index (κ2) is 10.4. The molecule has 0 spiro atoms. The van der Waals surface area contributed by atoms with Crippen molar-refractivity contribution in [3.63, 3.8) is 0 Å². The van der Waals surface area contributed by atoms with Gasteiger partial charge < -0.3 is 17.6 Å². The molecule has 1 aromatic heterocycles. The number of hydrogen-bond donors (Lipinski definition) is 0. The molecule has 3 aromatic carbocycles. The lowest BCUT2D eigenvalue weighted by Crippen LogP contribution is -2.59. The summed E-state index contributed by atoms with van der Waals surface area (Å²) in [7, 11) is 0. The summed E-state index contributed by atoms with van der Waals surface area (Å²) in [5.41, 5.74) is 9.33. The number of hydrogen-bond acceptors (Lipinski definition) is 0. The van der Waals surface area contributed by atoms with Gasteiger partial charge in [0.05, 0.1) is 5.92 Å². The Morgan fingerprint density at radius 1 is 0.675 bits per heavy atom. The molecule has 3 heterocycles. The number of halogens is 2. The van der Waals surface area contributed by atoms with Gasteiger partial charge in [-0.15, -0.1) is 0 Å². The molecule has 2 nitrogen and oxygen atoms in total. The molecule has 5 heteroatoms. The number of fused-ring (bicyclic) bond motifs is 2. The van der Waals surface area contributed by atoms with E-state index in [9.17, 15) is 0 Å². The number of allylic oxidation sites excluding steroid dienone is 1. The van der Waals surface area contributed by atoms with Gasteiger partial charge in [-0.1, -0.05) is 107 Å². The van der Waals surface area contributed by atoms with Crippen molar-refractivity contribution in [1.82, 2.24) is 4.48 Å². The fourth-order valence-electron chi connectivity index (χ4n) is 7.57. The monoisotopic (exact) mass is 534 g/mol. The molecule has 6 rings (SSSR count). The largest absolute Gasteiger partial charge is 0.732 e. The van der Waals surface area contributed by atoms with E-state index in [2.05, 4.69) is 39.8 Å². The normalized spacial score (nSPS) is 19.6. The fraction of sp³-hybridized carbons (Fsp3) is 0.286. The molecule has 2 atom stereocenters. The van der Waals surface area contributed by atoms with Crippen LogP contribution in [0.2, 0.25) is 0 Å². The second-order valence-electron chi connectivity index (χ2n) is 10.9. The molecule has 0 fully saturated rings. The van der Waals surface area contributed by atoms with Crippen molar-refractivity contribution < 1.29 is 13.1 Å². The Kier molecular flexibility index (Phi) is 6.86. The first-order valence-electron chi connectivity index (χ1n) is 14.8. The van der Waals surface area contributed by atoms with Crippen LogP contribution in [0.5, 0.6) is 0 Å². The van der Waals surface area contributed by atoms with Crippen molar-refractivity contribution in [3.05, 3.63) is 130 Å². The van der Waals surface area contributed by atoms with E-state index < -0.39 is 13.0 Å². The molecule has 0 N–H and O–H groups in total. The van der Waals surface area contributed by atoms with Gasteiger partial charge in [-0.2, -0.15) is 0 Å². The van der Waals surface area contributed by atoms with Gasteiger partial charge in [0.25, 0.3) is 0 Å². The average molecular weight is 535 g/mol. The molecule has 0 aliphatic carbocycles. The Morgan fingerprint density at radius 2 is 1.23 bits per heavy atom. The third-order valence-electron chi connectivity index (χ3n) is 9.00. The van der Waals surface area contributed by atoms with E-state index >= 15 is 8.63 Å². The van der Waals surface area contributed by atoms with Crippen LogP contribution in [0.4, 0.5) is 8.63 Å². The van der Waals surface area contributed by atoms with Crippen molar-refractivity contribution >= 4 is 12.7 Å². The summed E-state index contributed by atoms with van der Waals surface area (Å²) in [5.74, 6) is -0.210. The van der Waals surface area contributed by atoms with Crippen molar-refractivity contribution in [3.8, 4) is 11.3 Å². The van der Waals surface area contributed by atoms with Gasteiger partial charge in [-0.3, -0.25) is 0 Å². The summed E-state index contributed by atoms with van der Waals surface area (Å²) in [6.45, 7) is 4.29. The smallest absolute Gasteiger partial charge is 0.393 e. The summed E-state index contributed by atoms with van der Waals surface area (Å²) < 4.78 is 38.5. The van der Waals surface area contributed by atoms with Crippen LogP contribution in [0.15, 0.2) is 102 Å². The maximum absolute atomic E-state index is 17.7. The van der Waals surface area contributed by atoms with Crippen molar-refractivity contribution in [2.75, 3.05) is 0 Å². The van der Waals surface area contributed by atoms with Crippen LogP contribution in [0, 0.1) is 0 Å². The summed E-state index contributed by atoms with van der Waals surface area (Å²) in [4.78, 5) is 0. The predicted octanol–water partition coefficient (Wildman–Crippen LogP) is 8.65. The molecular weight excluding hydrogens is 497 g/mol. The molecule has 2 unspecified atom stereocenters. The van der Waals surface area contributed by atoms with Crippen LogP contribution in [0.1, 0.15) is 74.4 Å². The Hall–Kier alpha value is -3.73. The van der Waals surface area contributed by atoms with Gasteiger partial charge in [0, 0.05) is 28.1 Å². The van der Waals surface area contributed by atoms with Gasteiger partial charge >= 0.3 is 6.97 Å². The molecule has 0 saturated heterocycles. The third kappa shape index (κ3) is 3.77. The predicted molar refractivity (Wildman–Crippen MR) is 162 cm³/mol. The lowest BCUT2D eigenvalue weighted by atomic mass is 9.74. The highest BCUT2D eigenvalue weighted by molar-refractivity contribution is 6.58. The van der Waals surface area contributed by atoms with Crippen molar-refractivity contribution in [1.29, 1.82) is 0 Å². The van der Waals surface area contributed by atoms with E-state index in [0.29, 0.717) is 24.2 Å². The molecule has 204 valence electrons. The minimum atomic E-state index is -4.17. The highest BCUT2D eigenvalue weighted by Gasteiger charge is 2.62. The van der Waals surface area contributed by atoms with Crippen LogP contribution in [0.3, 0.4) is 0 Å². The maximum atomic E-state index is 17.7. The highest BCUT2D eigenvalue weighted by Crippen LogP contribution is 2.51. The molecular formula is C35H37BF2N2. The van der Waals surface area contributed by atoms with Gasteiger partial charge in [-0.05, 0) is 60.1 Å². The second-order valence-corrected chi connectivity index (χ2v) is 10.9. The zero-order chi connectivity index (χ0) is 28.0. The lowest BCUT2D eigenvalue weighted by molar-refractivity contribution is -0.462. The van der Waals surface area contributed by atoms with E-state index in [4.69, 9.17) is 0 Å². The molecule has 0 amide bonds. The Balaban J connectivity index is 1.81. The van der Waals surface area contributed by atoms with Crippen molar-refractivity contribution in [2.45, 2.75) is 65.3 Å². The fourth-order valence-corrected chi connectivity index (χ4v) is 7.57. The van der Waals surface area contributed by atoms with Crippen LogP contribution in [0.25, 0.3) is 11.3 Å². The third-order valence-corrected chi connectivity index (χ3v) is 9.00. The average Bonchev–Trinajstić information content (AvgIpc) is 3.52. The number of nitrogens with zero attached hydrogens (tertiary/aromatic N) is 2. The first-order valence-corrected chi connectivity index (χ1v) is 14.8. The lowest BCUT2D eigenvalue weighted by Gasteiger charge is -2.42. The molecule has 0 radical (unpaired) electrons. The van der Waals surface area contributed by atoms with Gasteiger partial charge in [0.2, 0.25) is 0 Å². The first-order chi connectivity index (χ1) is 19.5. The summed E-state index contributed by atoms with van der Waals surface area (Å²) in [6, 6.07) is 29.6. The van der Waals surface area contributed by atoms with E-state index in [1.807, 2.05) is 78.9 Å². The Labute approximate surface area is 236 Å². The summed E-state index contributed by atoms with van der Waals surface area (Å²) in [6.07, 6.45) is 2.88. The quantitative estimate of drug-likeness (QED) is 0.210. The minimum absolute atomic E-state index is 0.210. The van der Waals surface area contributed by atoms with Crippen LogP contribution in [-0.2, 0) is 12.8 Å². The zero-order valence-electron chi connectivity index (χ0n) is 23.9. The van der Waals surface area contributed by atoms with Crippen LogP contribution < -0.4 is 0 Å². The van der Waals surface area contributed by atoms with E-state index in [1.165, 1.54) is 4.48 Å². The van der Waals surface area contributed by atoms with Crippen LogP contribution in [-0.4, -0.2) is 27.7 Å². The van der Waals surface area contributed by atoms with Gasteiger partial charge in [-0.25, -0.2) is 0 Å². The van der Waals surface area contributed by atoms with Gasteiger partial charge in [0.15, 0.2) is 5.71 Å². The molecule has 0 saturated carbocycles.